The first-order valence-electron chi connectivity index (χ1n) is 8.22. The van der Waals surface area contributed by atoms with Gasteiger partial charge >= 0.3 is 5.97 Å². The first-order chi connectivity index (χ1) is 13.6. The third kappa shape index (κ3) is 5.69. The highest BCUT2D eigenvalue weighted by atomic mass is 35.5. The van der Waals surface area contributed by atoms with Gasteiger partial charge in [-0.3, -0.25) is 4.79 Å². The fourth-order valence-electron chi connectivity index (χ4n) is 2.14. The van der Waals surface area contributed by atoms with Crippen molar-refractivity contribution >= 4 is 35.8 Å². The van der Waals surface area contributed by atoms with E-state index in [1.165, 1.54) is 24.6 Å². The van der Waals surface area contributed by atoms with Crippen LogP contribution < -0.4 is 10.2 Å². The van der Waals surface area contributed by atoms with E-state index in [9.17, 15) is 9.59 Å². The molecule has 140 valence electrons. The average Bonchev–Trinajstić information content (AvgIpc) is 3.22. The molecule has 0 aliphatic heterocycles. The summed E-state index contributed by atoms with van der Waals surface area (Å²) in [7, 11) is 0. The Morgan fingerprint density at radius 1 is 1.04 bits per heavy atom. The van der Waals surface area contributed by atoms with Gasteiger partial charge in [-0.05, 0) is 72.3 Å². The summed E-state index contributed by atoms with van der Waals surface area (Å²) in [5, 5.41) is 4.46. The molecule has 1 amide bonds. The number of hydrogen-bond acceptors (Lipinski definition) is 5. The summed E-state index contributed by atoms with van der Waals surface area (Å²) < 4.78 is 10.3. The third-order valence-electron chi connectivity index (χ3n) is 3.51. The zero-order chi connectivity index (χ0) is 19.8. The highest BCUT2D eigenvalue weighted by Crippen LogP contribution is 2.12. The predicted molar refractivity (Wildman–Crippen MR) is 106 cm³/mol. The summed E-state index contributed by atoms with van der Waals surface area (Å²) in [6.45, 7) is 0. The number of hydrogen-bond donors (Lipinski definition) is 1. The molecule has 7 heteroatoms. The van der Waals surface area contributed by atoms with Gasteiger partial charge in [0.25, 0.3) is 5.91 Å². The standard InChI is InChI=1S/C21H15ClN2O4/c22-17-7-5-16(6-8-17)21(26)24-23-14-15-3-9-19(10-4-15)28-20(25)12-11-18-2-1-13-27-18/h1-14H,(H,24,26)/b12-11+,23-14-. The molecule has 0 saturated carbocycles. The van der Waals surface area contributed by atoms with Gasteiger partial charge in [-0.15, -0.1) is 0 Å². The van der Waals surface area contributed by atoms with E-state index in [0.717, 1.165) is 5.56 Å². The zero-order valence-corrected chi connectivity index (χ0v) is 15.3. The summed E-state index contributed by atoms with van der Waals surface area (Å²) in [5.41, 5.74) is 3.60. The van der Waals surface area contributed by atoms with E-state index in [-0.39, 0.29) is 5.91 Å². The maximum Gasteiger partial charge on any atom is 0.336 e. The van der Waals surface area contributed by atoms with Gasteiger partial charge in [-0.2, -0.15) is 5.10 Å². The van der Waals surface area contributed by atoms with Crippen LogP contribution in [-0.2, 0) is 4.79 Å². The van der Waals surface area contributed by atoms with Gasteiger partial charge in [0, 0.05) is 16.7 Å². The van der Waals surface area contributed by atoms with Crippen molar-refractivity contribution in [3.63, 3.8) is 0 Å². The Bertz CT molecular complexity index is 992. The summed E-state index contributed by atoms with van der Waals surface area (Å²) >= 11 is 5.79. The normalized spacial score (nSPS) is 11.0. The van der Waals surface area contributed by atoms with Gasteiger partial charge in [0.2, 0.25) is 0 Å². The molecule has 0 fully saturated rings. The number of benzene rings is 2. The number of hydrazone groups is 1. The number of ether oxygens (including phenoxy) is 1. The zero-order valence-electron chi connectivity index (χ0n) is 14.5. The number of halogens is 1. The van der Waals surface area contributed by atoms with Crippen molar-refractivity contribution < 1.29 is 18.7 Å². The van der Waals surface area contributed by atoms with Crippen LogP contribution in [0, 0.1) is 0 Å². The first-order valence-corrected chi connectivity index (χ1v) is 8.60. The van der Waals surface area contributed by atoms with Crippen molar-refractivity contribution in [3.05, 3.63) is 94.9 Å². The van der Waals surface area contributed by atoms with Gasteiger partial charge in [-0.1, -0.05) is 11.6 Å². The minimum absolute atomic E-state index is 0.346. The largest absolute Gasteiger partial charge is 0.465 e. The Labute approximate surface area is 166 Å². The van der Waals surface area contributed by atoms with Crippen LogP contribution in [0.15, 0.2) is 82.5 Å². The molecule has 1 aromatic heterocycles. The van der Waals surface area contributed by atoms with Crippen LogP contribution in [0.1, 0.15) is 21.7 Å². The number of furan rings is 1. The van der Waals surface area contributed by atoms with Crippen molar-refractivity contribution in [2.45, 2.75) is 0 Å². The molecule has 6 nitrogen and oxygen atoms in total. The number of carbonyl (C=O) groups excluding carboxylic acids is 2. The number of esters is 1. The van der Waals surface area contributed by atoms with E-state index in [0.29, 0.717) is 22.1 Å². The van der Waals surface area contributed by atoms with Crippen LogP contribution in [0.4, 0.5) is 0 Å². The van der Waals surface area contributed by atoms with E-state index >= 15 is 0 Å². The van der Waals surface area contributed by atoms with Crippen LogP contribution in [0.3, 0.4) is 0 Å². The number of nitrogens with one attached hydrogen (secondary N) is 1. The quantitative estimate of drug-likeness (QED) is 0.222. The van der Waals surface area contributed by atoms with Gasteiger partial charge in [0.1, 0.15) is 11.5 Å². The Kier molecular flexibility index (Phi) is 6.38. The minimum atomic E-state index is -0.520. The first kappa shape index (κ1) is 19.1. The molecule has 3 aromatic rings. The number of nitrogens with zero attached hydrogens (tertiary/aromatic N) is 1. The van der Waals surface area contributed by atoms with E-state index in [4.69, 9.17) is 20.8 Å². The molecule has 0 radical (unpaired) electrons. The Morgan fingerprint density at radius 2 is 1.79 bits per heavy atom. The second-order valence-corrected chi connectivity index (χ2v) is 5.98. The molecule has 28 heavy (non-hydrogen) atoms. The van der Waals surface area contributed by atoms with Gasteiger partial charge < -0.3 is 9.15 Å². The average molecular weight is 395 g/mol. The maximum absolute atomic E-state index is 11.9. The van der Waals surface area contributed by atoms with Crippen LogP contribution in [0.2, 0.25) is 5.02 Å². The van der Waals surface area contributed by atoms with Crippen molar-refractivity contribution in [1.29, 1.82) is 0 Å². The number of amides is 1. The smallest absolute Gasteiger partial charge is 0.336 e. The second kappa shape index (κ2) is 9.34. The lowest BCUT2D eigenvalue weighted by molar-refractivity contribution is -0.128. The van der Waals surface area contributed by atoms with Crippen LogP contribution in [-0.4, -0.2) is 18.1 Å². The highest BCUT2D eigenvalue weighted by molar-refractivity contribution is 6.30. The van der Waals surface area contributed by atoms with E-state index < -0.39 is 5.97 Å². The number of carbonyl (C=O) groups is 2. The summed E-state index contributed by atoms with van der Waals surface area (Å²) in [4.78, 5) is 23.7. The SMILES string of the molecule is O=C(/C=C/c1ccco1)Oc1ccc(/C=N\NC(=O)c2ccc(Cl)cc2)cc1. The molecule has 0 spiro atoms. The van der Waals surface area contributed by atoms with E-state index in [1.807, 2.05) is 0 Å². The monoisotopic (exact) mass is 394 g/mol. The summed E-state index contributed by atoms with van der Waals surface area (Å²) in [6.07, 6.45) is 5.80. The molecular formula is C21H15ClN2O4. The van der Waals surface area contributed by atoms with Crippen molar-refractivity contribution in [3.8, 4) is 5.75 Å². The Balaban J connectivity index is 1.51. The lowest BCUT2D eigenvalue weighted by atomic mass is 10.2. The fourth-order valence-corrected chi connectivity index (χ4v) is 2.27. The van der Waals surface area contributed by atoms with Crippen LogP contribution in [0.5, 0.6) is 5.75 Å². The molecule has 0 atom stereocenters. The van der Waals surface area contributed by atoms with E-state index in [1.54, 1.807) is 60.7 Å². The van der Waals surface area contributed by atoms with Gasteiger partial charge in [0.05, 0.1) is 12.5 Å². The second-order valence-electron chi connectivity index (χ2n) is 5.54. The molecule has 1 heterocycles. The molecule has 2 aromatic carbocycles. The molecule has 0 unspecified atom stereocenters. The molecule has 3 rings (SSSR count). The van der Waals surface area contributed by atoms with E-state index in [2.05, 4.69) is 10.5 Å². The topological polar surface area (TPSA) is 80.9 Å². The van der Waals surface area contributed by atoms with Crippen LogP contribution in [0.25, 0.3) is 6.08 Å². The summed E-state index contributed by atoms with van der Waals surface area (Å²) in [5.74, 6) is 0.0791. The Morgan fingerprint density at radius 3 is 2.46 bits per heavy atom. The van der Waals surface area contributed by atoms with Gasteiger partial charge in [0.15, 0.2) is 0 Å². The molecule has 0 aliphatic rings. The van der Waals surface area contributed by atoms with Gasteiger partial charge in [-0.25, -0.2) is 10.2 Å². The lowest BCUT2D eigenvalue weighted by Gasteiger charge is -2.02. The molecule has 1 N–H and O–H groups in total. The van der Waals surface area contributed by atoms with Crippen molar-refractivity contribution in [1.82, 2.24) is 5.43 Å². The number of rotatable bonds is 6. The van der Waals surface area contributed by atoms with Crippen LogP contribution >= 0.6 is 11.6 Å². The summed E-state index contributed by atoms with van der Waals surface area (Å²) in [6, 6.07) is 16.6. The predicted octanol–water partition coefficient (Wildman–Crippen LogP) is 4.32. The lowest BCUT2D eigenvalue weighted by Crippen LogP contribution is -2.17. The molecule has 0 aliphatic carbocycles. The molecular weight excluding hydrogens is 380 g/mol. The highest BCUT2D eigenvalue weighted by Gasteiger charge is 2.03. The van der Waals surface area contributed by atoms with Crippen molar-refractivity contribution in [2.75, 3.05) is 0 Å². The molecule has 0 bridgehead atoms. The maximum atomic E-state index is 11.9. The Hall–Kier alpha value is -3.64. The van der Waals surface area contributed by atoms with Crippen molar-refractivity contribution in [2.24, 2.45) is 5.10 Å². The fraction of sp³-hybridized carbons (Fsp3) is 0. The third-order valence-corrected chi connectivity index (χ3v) is 3.76. The molecule has 0 saturated heterocycles. The minimum Gasteiger partial charge on any atom is -0.465 e.